The number of hydrogen-bond acceptors (Lipinski definition) is 3. The summed E-state index contributed by atoms with van der Waals surface area (Å²) in [6.45, 7) is 1.99. The molecule has 1 heterocycles. The number of benzene rings is 3. The highest BCUT2D eigenvalue weighted by Gasteiger charge is 2.27. The van der Waals surface area contributed by atoms with E-state index >= 15 is 0 Å². The standard InChI is InChI=1S/C27H23Cl2N3O3/c1-2-16-31(26(34)21-10-6-7-11-22(21)29)17-23(33)24-25(18-8-4-3-5-9-18)30-32(27(24)35)20-14-12-19(28)13-15-20/h3-15,30H,2,16-17H2,1H3. The smallest absolute Gasteiger partial charge is 0.282 e. The van der Waals surface area contributed by atoms with E-state index < -0.39 is 11.3 Å². The summed E-state index contributed by atoms with van der Waals surface area (Å²) in [5.74, 6) is -0.827. The Hall–Kier alpha value is -3.61. The monoisotopic (exact) mass is 507 g/mol. The van der Waals surface area contributed by atoms with Crippen LogP contribution >= 0.6 is 23.2 Å². The number of halogens is 2. The fourth-order valence-electron chi connectivity index (χ4n) is 3.86. The van der Waals surface area contributed by atoms with Crippen molar-refractivity contribution in [2.45, 2.75) is 13.3 Å². The SMILES string of the molecule is CCCN(CC(=O)c1c(-c2ccccc2)[nH]n(-c2ccc(Cl)cc2)c1=O)C(=O)c1ccccc1Cl. The predicted octanol–water partition coefficient (Wildman–Crippen LogP) is 5.87. The maximum atomic E-state index is 13.6. The molecular formula is C27H23Cl2N3O3. The van der Waals surface area contributed by atoms with E-state index in [-0.39, 0.29) is 18.0 Å². The molecule has 1 aromatic heterocycles. The summed E-state index contributed by atoms with van der Waals surface area (Å²) >= 11 is 12.2. The lowest BCUT2D eigenvalue weighted by molar-refractivity contribution is 0.0709. The molecule has 0 saturated heterocycles. The molecule has 0 aliphatic carbocycles. The van der Waals surface area contributed by atoms with Crippen LogP contribution in [0, 0.1) is 0 Å². The van der Waals surface area contributed by atoms with E-state index in [1.54, 1.807) is 48.5 Å². The van der Waals surface area contributed by atoms with Crippen LogP contribution in [0.2, 0.25) is 10.0 Å². The average molecular weight is 508 g/mol. The number of aromatic amines is 1. The highest BCUT2D eigenvalue weighted by Crippen LogP contribution is 2.23. The minimum atomic E-state index is -0.502. The molecule has 6 nitrogen and oxygen atoms in total. The Morgan fingerprint density at radius 1 is 0.914 bits per heavy atom. The van der Waals surface area contributed by atoms with Crippen LogP contribution in [-0.4, -0.2) is 39.5 Å². The number of hydrogen-bond donors (Lipinski definition) is 1. The first-order valence-corrected chi connectivity index (χ1v) is 11.9. The van der Waals surface area contributed by atoms with E-state index in [9.17, 15) is 14.4 Å². The number of aromatic nitrogens is 2. The van der Waals surface area contributed by atoms with Gasteiger partial charge in [0.25, 0.3) is 11.5 Å². The van der Waals surface area contributed by atoms with Crippen LogP contribution in [0.3, 0.4) is 0 Å². The van der Waals surface area contributed by atoms with Crippen molar-refractivity contribution in [2.24, 2.45) is 0 Å². The van der Waals surface area contributed by atoms with Crippen LogP contribution in [0.1, 0.15) is 34.1 Å². The van der Waals surface area contributed by atoms with Crippen LogP contribution in [0.4, 0.5) is 0 Å². The van der Waals surface area contributed by atoms with Crippen molar-refractivity contribution in [1.29, 1.82) is 0 Å². The lowest BCUT2D eigenvalue weighted by Crippen LogP contribution is -2.38. The largest absolute Gasteiger partial charge is 0.331 e. The van der Waals surface area contributed by atoms with Gasteiger partial charge in [-0.3, -0.25) is 19.5 Å². The summed E-state index contributed by atoms with van der Waals surface area (Å²) in [4.78, 5) is 41.7. The summed E-state index contributed by atoms with van der Waals surface area (Å²) in [6.07, 6.45) is 0.636. The van der Waals surface area contributed by atoms with E-state index in [1.807, 2.05) is 37.3 Å². The van der Waals surface area contributed by atoms with Gasteiger partial charge in [-0.2, -0.15) is 0 Å². The zero-order chi connectivity index (χ0) is 24.9. The minimum Gasteiger partial charge on any atom is -0.331 e. The molecule has 1 N–H and O–H groups in total. The number of Topliss-reactive ketones (excluding diaryl/α,β-unsaturated/α-hetero) is 1. The van der Waals surface area contributed by atoms with Crippen molar-refractivity contribution >= 4 is 34.9 Å². The molecule has 0 radical (unpaired) electrons. The average Bonchev–Trinajstić information content (AvgIpc) is 3.21. The van der Waals surface area contributed by atoms with Crippen molar-refractivity contribution in [3.05, 3.63) is 110 Å². The molecule has 35 heavy (non-hydrogen) atoms. The third-order valence-electron chi connectivity index (χ3n) is 5.54. The van der Waals surface area contributed by atoms with Crippen molar-refractivity contribution in [3.8, 4) is 16.9 Å². The highest BCUT2D eigenvalue weighted by atomic mass is 35.5. The maximum absolute atomic E-state index is 13.6. The third-order valence-corrected chi connectivity index (χ3v) is 6.12. The second kappa shape index (κ2) is 10.8. The fourth-order valence-corrected chi connectivity index (χ4v) is 4.20. The topological polar surface area (TPSA) is 75.2 Å². The summed E-state index contributed by atoms with van der Waals surface area (Å²) in [5.41, 5.74) is 1.40. The van der Waals surface area contributed by atoms with Crippen molar-refractivity contribution in [2.75, 3.05) is 13.1 Å². The number of nitrogens with zero attached hydrogens (tertiary/aromatic N) is 2. The van der Waals surface area contributed by atoms with Crippen molar-refractivity contribution in [3.63, 3.8) is 0 Å². The Balaban J connectivity index is 1.76. The zero-order valence-electron chi connectivity index (χ0n) is 19.0. The molecule has 4 rings (SSSR count). The number of H-pyrrole nitrogens is 1. The molecule has 1 amide bonds. The molecule has 0 spiro atoms. The van der Waals surface area contributed by atoms with E-state index in [4.69, 9.17) is 23.2 Å². The quantitative estimate of drug-likeness (QED) is 0.303. The van der Waals surface area contributed by atoms with Crippen LogP contribution in [-0.2, 0) is 0 Å². The van der Waals surface area contributed by atoms with Gasteiger partial charge < -0.3 is 4.90 Å². The zero-order valence-corrected chi connectivity index (χ0v) is 20.5. The molecule has 3 aromatic carbocycles. The molecule has 0 unspecified atom stereocenters. The maximum Gasteiger partial charge on any atom is 0.282 e. The van der Waals surface area contributed by atoms with Crippen LogP contribution in [0.25, 0.3) is 16.9 Å². The minimum absolute atomic E-state index is 0.0146. The van der Waals surface area contributed by atoms with Gasteiger partial charge in [0.2, 0.25) is 0 Å². The molecule has 0 fully saturated rings. The number of carbonyl (C=O) groups excluding carboxylic acids is 2. The number of nitrogens with one attached hydrogen (secondary N) is 1. The van der Waals surface area contributed by atoms with Gasteiger partial charge in [-0.05, 0) is 42.8 Å². The van der Waals surface area contributed by atoms with Crippen molar-refractivity contribution in [1.82, 2.24) is 14.7 Å². The highest BCUT2D eigenvalue weighted by molar-refractivity contribution is 6.33. The Bertz CT molecular complexity index is 1410. The Morgan fingerprint density at radius 3 is 2.23 bits per heavy atom. The summed E-state index contributed by atoms with van der Waals surface area (Å²) < 4.78 is 1.31. The summed E-state index contributed by atoms with van der Waals surface area (Å²) in [5, 5.41) is 3.91. The molecular weight excluding hydrogens is 485 g/mol. The van der Waals surface area contributed by atoms with Gasteiger partial charge >= 0.3 is 0 Å². The molecule has 0 aliphatic rings. The molecule has 0 aliphatic heterocycles. The summed E-state index contributed by atoms with van der Waals surface area (Å²) in [7, 11) is 0. The molecule has 0 bridgehead atoms. The van der Waals surface area contributed by atoms with Crippen molar-refractivity contribution < 1.29 is 9.59 Å². The van der Waals surface area contributed by atoms with Gasteiger partial charge in [-0.1, -0.05) is 72.6 Å². The van der Waals surface area contributed by atoms with E-state index in [2.05, 4.69) is 5.10 Å². The normalized spacial score (nSPS) is 10.8. The van der Waals surface area contributed by atoms with Crippen LogP contribution in [0.15, 0.2) is 83.7 Å². The van der Waals surface area contributed by atoms with Gasteiger partial charge in [0.1, 0.15) is 5.56 Å². The molecule has 0 atom stereocenters. The van der Waals surface area contributed by atoms with Gasteiger partial charge in [0.05, 0.1) is 28.5 Å². The van der Waals surface area contributed by atoms with E-state index in [1.165, 1.54) is 9.58 Å². The Kier molecular flexibility index (Phi) is 7.54. The van der Waals surface area contributed by atoms with Gasteiger partial charge in [-0.25, -0.2) is 4.68 Å². The second-order valence-electron chi connectivity index (χ2n) is 7.97. The van der Waals surface area contributed by atoms with E-state index in [0.29, 0.717) is 45.5 Å². The second-order valence-corrected chi connectivity index (χ2v) is 8.82. The predicted molar refractivity (Wildman–Crippen MR) is 139 cm³/mol. The molecule has 8 heteroatoms. The number of amides is 1. The number of ketones is 1. The first kappa shape index (κ1) is 24.5. The first-order chi connectivity index (χ1) is 16.9. The fraction of sp³-hybridized carbons (Fsp3) is 0.148. The number of rotatable bonds is 8. The van der Waals surface area contributed by atoms with Crippen LogP contribution < -0.4 is 5.56 Å². The van der Waals surface area contributed by atoms with E-state index in [0.717, 1.165) is 0 Å². The first-order valence-electron chi connectivity index (χ1n) is 11.1. The van der Waals surface area contributed by atoms with Gasteiger partial charge in [0, 0.05) is 17.1 Å². The molecule has 4 aromatic rings. The lowest BCUT2D eigenvalue weighted by atomic mass is 10.0. The van der Waals surface area contributed by atoms with Crippen LogP contribution in [0.5, 0.6) is 0 Å². The molecule has 178 valence electrons. The Morgan fingerprint density at radius 2 is 1.57 bits per heavy atom. The van der Waals surface area contributed by atoms with Gasteiger partial charge in [-0.15, -0.1) is 0 Å². The number of carbonyl (C=O) groups is 2. The summed E-state index contributed by atoms with van der Waals surface area (Å²) in [6, 6.07) is 22.5. The lowest BCUT2D eigenvalue weighted by Gasteiger charge is -2.22. The van der Waals surface area contributed by atoms with Gasteiger partial charge in [0.15, 0.2) is 5.78 Å². The third kappa shape index (κ3) is 5.24. The Labute approximate surface area is 212 Å². The molecule has 0 saturated carbocycles.